The van der Waals surface area contributed by atoms with E-state index in [-0.39, 0.29) is 17.6 Å². The molecule has 5 heteroatoms. The highest BCUT2D eigenvalue weighted by atomic mass is 16.3. The van der Waals surface area contributed by atoms with Crippen LogP contribution in [0.15, 0.2) is 29.4 Å². The van der Waals surface area contributed by atoms with Crippen molar-refractivity contribution in [1.82, 2.24) is 9.47 Å². The van der Waals surface area contributed by atoms with Crippen molar-refractivity contribution in [2.75, 3.05) is 13.1 Å². The molecule has 5 nitrogen and oxygen atoms in total. The van der Waals surface area contributed by atoms with Crippen LogP contribution >= 0.6 is 0 Å². The first kappa shape index (κ1) is 18.2. The van der Waals surface area contributed by atoms with Gasteiger partial charge in [0.2, 0.25) is 5.88 Å². The van der Waals surface area contributed by atoms with E-state index in [0.717, 1.165) is 54.7 Å². The molecule has 0 amide bonds. The lowest BCUT2D eigenvalue weighted by atomic mass is 9.89. The van der Waals surface area contributed by atoms with Crippen LogP contribution in [0, 0.1) is 16.7 Å². The third-order valence-electron chi connectivity index (χ3n) is 7.78. The van der Waals surface area contributed by atoms with E-state index in [1.807, 2.05) is 28.8 Å². The first-order valence-electron chi connectivity index (χ1n) is 11.2. The van der Waals surface area contributed by atoms with Gasteiger partial charge in [-0.15, -0.1) is 4.91 Å². The molecular formula is C23H31N3O2. The summed E-state index contributed by atoms with van der Waals surface area (Å²) in [5.74, 6) is 1.87. The summed E-state index contributed by atoms with van der Waals surface area (Å²) in [6.07, 6.45) is 12.0. The van der Waals surface area contributed by atoms with Gasteiger partial charge in [-0.3, -0.25) is 4.90 Å². The molecular weight excluding hydrogens is 350 g/mol. The first-order chi connectivity index (χ1) is 13.8. The Bertz CT molecular complexity index is 843. The fourth-order valence-electron chi connectivity index (χ4n) is 6.40. The quantitative estimate of drug-likeness (QED) is 0.690. The second-order valence-electron chi connectivity index (χ2n) is 9.21. The Morgan fingerprint density at radius 1 is 0.964 bits per heavy atom. The van der Waals surface area contributed by atoms with Crippen molar-refractivity contribution in [3.8, 4) is 5.88 Å². The Morgan fingerprint density at radius 2 is 1.68 bits per heavy atom. The summed E-state index contributed by atoms with van der Waals surface area (Å²) in [5, 5.41) is 14.6. The lowest BCUT2D eigenvalue weighted by Crippen LogP contribution is -2.45. The molecule has 2 aromatic rings. The minimum absolute atomic E-state index is 0.0416. The number of rotatable bonds is 3. The maximum Gasteiger partial charge on any atom is 0.222 e. The van der Waals surface area contributed by atoms with Crippen LogP contribution in [-0.2, 0) is 0 Å². The smallest absolute Gasteiger partial charge is 0.222 e. The zero-order valence-corrected chi connectivity index (χ0v) is 16.6. The van der Waals surface area contributed by atoms with Crippen LogP contribution in [0.1, 0.15) is 63.8 Å². The van der Waals surface area contributed by atoms with E-state index in [2.05, 4.69) is 10.1 Å². The van der Waals surface area contributed by atoms with E-state index in [1.54, 1.807) is 0 Å². The monoisotopic (exact) mass is 381 g/mol. The van der Waals surface area contributed by atoms with Gasteiger partial charge >= 0.3 is 0 Å². The fourth-order valence-corrected chi connectivity index (χ4v) is 6.40. The predicted molar refractivity (Wildman–Crippen MR) is 112 cm³/mol. The van der Waals surface area contributed by atoms with Crippen molar-refractivity contribution in [1.29, 1.82) is 0 Å². The number of para-hydroxylation sites is 1. The van der Waals surface area contributed by atoms with Crippen LogP contribution in [-0.4, -0.2) is 33.7 Å². The number of benzene rings is 1. The minimum atomic E-state index is 0.0416. The number of likely N-dealkylation sites (tertiary alicyclic amines) is 1. The number of fused-ring (bicyclic) bond motifs is 4. The first-order valence-corrected chi connectivity index (χ1v) is 11.2. The molecule has 3 fully saturated rings. The third kappa shape index (κ3) is 3.04. The summed E-state index contributed by atoms with van der Waals surface area (Å²) < 4.78 is 1.97. The molecule has 1 aromatic carbocycles. The van der Waals surface area contributed by atoms with E-state index in [9.17, 15) is 10.0 Å². The average Bonchev–Trinajstić information content (AvgIpc) is 2.86. The number of piperidine rings is 1. The van der Waals surface area contributed by atoms with Gasteiger partial charge in [0.05, 0.1) is 5.52 Å². The fraction of sp³-hybridized carbons (Fsp3) is 0.652. The van der Waals surface area contributed by atoms with E-state index in [1.165, 1.54) is 44.9 Å². The van der Waals surface area contributed by atoms with E-state index in [4.69, 9.17) is 0 Å². The van der Waals surface area contributed by atoms with E-state index >= 15 is 0 Å². The second kappa shape index (κ2) is 7.51. The Morgan fingerprint density at radius 3 is 2.39 bits per heavy atom. The molecule has 0 spiro atoms. The third-order valence-corrected chi connectivity index (χ3v) is 7.78. The minimum Gasteiger partial charge on any atom is -0.493 e. The zero-order valence-electron chi connectivity index (χ0n) is 16.6. The molecule has 1 unspecified atom stereocenters. The van der Waals surface area contributed by atoms with Gasteiger partial charge in [-0.05, 0) is 55.2 Å². The summed E-state index contributed by atoms with van der Waals surface area (Å²) >= 11 is 0. The number of nitrogens with zero attached hydrogens (tertiary/aromatic N) is 3. The standard InChI is InChI=1S/C23H31N3O2/c27-23-22(24-28)19-9-1-2-10-20(19)26(23)18-11-13-25(14-12-18)21-15-16-5-3-7-17(21)8-4-6-16/h1-2,9-10,16-18,21,27H,3-8,11-15H2. The Labute approximate surface area is 166 Å². The molecule has 2 bridgehead atoms. The normalized spacial score (nSPS) is 29.6. The van der Waals surface area contributed by atoms with Crippen LogP contribution in [0.4, 0.5) is 5.69 Å². The van der Waals surface area contributed by atoms with Crippen molar-refractivity contribution < 1.29 is 5.11 Å². The molecule has 1 saturated heterocycles. The molecule has 1 atom stereocenters. The SMILES string of the molecule is O=Nc1c(O)n(C2CCN(C3CC4CCCC3CCC4)CC2)c2ccccc12. The molecule has 3 aliphatic rings. The lowest BCUT2D eigenvalue weighted by molar-refractivity contribution is 0.0870. The molecule has 28 heavy (non-hydrogen) atoms. The summed E-state index contributed by atoms with van der Waals surface area (Å²) in [6.45, 7) is 2.18. The second-order valence-corrected chi connectivity index (χ2v) is 9.21. The summed E-state index contributed by atoms with van der Waals surface area (Å²) in [6, 6.07) is 8.73. The predicted octanol–water partition coefficient (Wildman–Crippen LogP) is 5.74. The molecule has 2 heterocycles. The van der Waals surface area contributed by atoms with Gasteiger partial charge in [0.25, 0.3) is 0 Å². The molecule has 1 N–H and O–H groups in total. The number of aromatic nitrogens is 1. The zero-order chi connectivity index (χ0) is 19.1. The summed E-state index contributed by atoms with van der Waals surface area (Å²) in [4.78, 5) is 14.1. The summed E-state index contributed by atoms with van der Waals surface area (Å²) in [5.41, 5.74) is 1.12. The van der Waals surface area contributed by atoms with Gasteiger partial charge in [-0.2, -0.15) is 0 Å². The van der Waals surface area contributed by atoms with E-state index in [0.29, 0.717) is 0 Å². The number of hydrogen-bond acceptors (Lipinski definition) is 4. The molecule has 1 aromatic heterocycles. The molecule has 1 aliphatic heterocycles. The van der Waals surface area contributed by atoms with Crippen molar-refractivity contribution >= 4 is 16.6 Å². The topological polar surface area (TPSA) is 57.8 Å². The van der Waals surface area contributed by atoms with E-state index < -0.39 is 0 Å². The van der Waals surface area contributed by atoms with Gasteiger partial charge in [0, 0.05) is 30.6 Å². The van der Waals surface area contributed by atoms with Crippen LogP contribution in [0.5, 0.6) is 5.88 Å². The highest BCUT2D eigenvalue weighted by Gasteiger charge is 2.37. The summed E-state index contributed by atoms with van der Waals surface area (Å²) in [7, 11) is 0. The van der Waals surface area contributed by atoms with Gasteiger partial charge in [0.1, 0.15) is 0 Å². The van der Waals surface area contributed by atoms with Gasteiger partial charge < -0.3 is 9.67 Å². The van der Waals surface area contributed by atoms with Gasteiger partial charge in [-0.1, -0.05) is 43.9 Å². The van der Waals surface area contributed by atoms with Crippen molar-refractivity contribution in [3.63, 3.8) is 0 Å². The van der Waals surface area contributed by atoms with Crippen LogP contribution in [0.3, 0.4) is 0 Å². The Kier molecular flexibility index (Phi) is 4.87. The maximum atomic E-state index is 11.3. The highest BCUT2D eigenvalue weighted by molar-refractivity contribution is 5.95. The molecule has 0 radical (unpaired) electrons. The average molecular weight is 382 g/mol. The van der Waals surface area contributed by atoms with Crippen molar-refractivity contribution in [2.24, 2.45) is 17.0 Å². The van der Waals surface area contributed by atoms with Crippen molar-refractivity contribution in [3.05, 3.63) is 29.2 Å². The van der Waals surface area contributed by atoms with Crippen LogP contribution in [0.2, 0.25) is 0 Å². The number of hydrogen-bond donors (Lipinski definition) is 1. The lowest BCUT2D eigenvalue weighted by Gasteiger charge is -2.41. The maximum absolute atomic E-state index is 11.3. The molecule has 150 valence electrons. The number of aromatic hydroxyl groups is 1. The highest BCUT2D eigenvalue weighted by Crippen LogP contribution is 2.44. The Hall–Kier alpha value is -1.88. The largest absolute Gasteiger partial charge is 0.493 e. The molecule has 2 saturated carbocycles. The van der Waals surface area contributed by atoms with Crippen molar-refractivity contribution in [2.45, 2.75) is 69.9 Å². The number of nitroso groups, excluding NO2 is 1. The Balaban J connectivity index is 1.36. The molecule has 5 rings (SSSR count). The molecule has 2 aliphatic carbocycles. The van der Waals surface area contributed by atoms with Crippen LogP contribution < -0.4 is 0 Å². The van der Waals surface area contributed by atoms with Crippen LogP contribution in [0.25, 0.3) is 10.9 Å². The van der Waals surface area contributed by atoms with Gasteiger partial charge in [-0.25, -0.2) is 0 Å². The van der Waals surface area contributed by atoms with Gasteiger partial charge in [0.15, 0.2) is 5.69 Å².